The lowest BCUT2D eigenvalue weighted by Gasteiger charge is -2.14. The van der Waals surface area contributed by atoms with Crippen molar-refractivity contribution in [3.8, 4) is 11.5 Å². The molecule has 0 heterocycles. The van der Waals surface area contributed by atoms with Crippen LogP contribution in [0.4, 0.5) is 4.39 Å². The highest BCUT2D eigenvalue weighted by Gasteiger charge is 2.11. The van der Waals surface area contributed by atoms with Crippen LogP contribution in [0.1, 0.15) is 11.6 Å². The summed E-state index contributed by atoms with van der Waals surface area (Å²) in [6.07, 6.45) is 0. The highest BCUT2D eigenvalue weighted by Crippen LogP contribution is 2.31. The lowest BCUT2D eigenvalue weighted by molar-refractivity contribution is 0.354. The van der Waals surface area contributed by atoms with Crippen LogP contribution < -0.4 is 15.2 Å². The summed E-state index contributed by atoms with van der Waals surface area (Å²) in [4.78, 5) is 0.993. The third-order valence-corrected chi connectivity index (χ3v) is 4.21. The summed E-state index contributed by atoms with van der Waals surface area (Å²) in [5, 5.41) is 0. The second kappa shape index (κ2) is 7.33. The van der Waals surface area contributed by atoms with Crippen LogP contribution in [0.5, 0.6) is 11.5 Å². The molecule has 5 heteroatoms. The van der Waals surface area contributed by atoms with Gasteiger partial charge in [-0.25, -0.2) is 4.39 Å². The number of ether oxygens (including phenoxy) is 2. The van der Waals surface area contributed by atoms with Gasteiger partial charge in [-0.1, -0.05) is 6.07 Å². The molecule has 2 aromatic carbocycles. The Morgan fingerprint density at radius 3 is 2.33 bits per heavy atom. The molecule has 2 aromatic rings. The number of methoxy groups -OCH3 is 2. The molecule has 21 heavy (non-hydrogen) atoms. The molecule has 0 aromatic heterocycles. The van der Waals surface area contributed by atoms with Gasteiger partial charge in [-0.05, 0) is 42.0 Å². The monoisotopic (exact) mass is 307 g/mol. The Morgan fingerprint density at radius 2 is 1.71 bits per heavy atom. The van der Waals surface area contributed by atoms with Crippen LogP contribution in [-0.2, 0) is 0 Å². The van der Waals surface area contributed by atoms with Crippen molar-refractivity contribution in [1.29, 1.82) is 0 Å². The lowest BCUT2D eigenvalue weighted by atomic mass is 10.1. The van der Waals surface area contributed by atoms with Gasteiger partial charge in [0, 0.05) is 16.7 Å². The quantitative estimate of drug-likeness (QED) is 0.828. The third kappa shape index (κ3) is 4.12. The van der Waals surface area contributed by atoms with Crippen LogP contribution in [0.25, 0.3) is 0 Å². The molecule has 0 amide bonds. The normalized spacial score (nSPS) is 12.0. The number of hydrogen-bond donors (Lipinski definition) is 1. The van der Waals surface area contributed by atoms with Crippen LogP contribution in [-0.4, -0.2) is 20.0 Å². The van der Waals surface area contributed by atoms with Crippen molar-refractivity contribution in [3.63, 3.8) is 0 Å². The van der Waals surface area contributed by atoms with Gasteiger partial charge in [-0.15, -0.1) is 11.8 Å². The minimum atomic E-state index is -0.233. The standard InChI is InChI=1S/C16H18FNO2S/c1-19-15-8-3-11(9-16(15)20-2)14(18)10-21-13-6-4-12(17)5-7-13/h3-9,14H,10,18H2,1-2H3. The van der Waals surface area contributed by atoms with Gasteiger partial charge in [0.2, 0.25) is 0 Å². The van der Waals surface area contributed by atoms with E-state index in [1.54, 1.807) is 38.1 Å². The van der Waals surface area contributed by atoms with E-state index in [-0.39, 0.29) is 11.9 Å². The molecule has 0 aliphatic heterocycles. The fourth-order valence-electron chi connectivity index (χ4n) is 1.90. The molecule has 0 radical (unpaired) electrons. The first kappa shape index (κ1) is 15.7. The first-order valence-corrected chi connectivity index (χ1v) is 7.48. The minimum Gasteiger partial charge on any atom is -0.493 e. The molecule has 0 saturated carbocycles. The minimum absolute atomic E-state index is 0.139. The summed E-state index contributed by atoms with van der Waals surface area (Å²) in [6, 6.07) is 11.9. The van der Waals surface area contributed by atoms with Crippen LogP contribution >= 0.6 is 11.8 Å². The number of thioether (sulfide) groups is 1. The van der Waals surface area contributed by atoms with Gasteiger partial charge in [0.1, 0.15) is 5.82 Å². The van der Waals surface area contributed by atoms with E-state index < -0.39 is 0 Å². The van der Waals surface area contributed by atoms with Gasteiger partial charge in [0.15, 0.2) is 11.5 Å². The zero-order valence-corrected chi connectivity index (χ0v) is 12.8. The van der Waals surface area contributed by atoms with Gasteiger partial charge in [-0.2, -0.15) is 0 Å². The van der Waals surface area contributed by atoms with Crippen LogP contribution in [0.15, 0.2) is 47.4 Å². The molecule has 1 unspecified atom stereocenters. The Kier molecular flexibility index (Phi) is 5.47. The fourth-order valence-corrected chi connectivity index (χ4v) is 2.79. The second-order valence-electron chi connectivity index (χ2n) is 4.49. The molecule has 1 atom stereocenters. The molecule has 2 N–H and O–H groups in total. The van der Waals surface area contributed by atoms with E-state index >= 15 is 0 Å². The van der Waals surface area contributed by atoms with E-state index in [0.717, 1.165) is 10.5 Å². The van der Waals surface area contributed by atoms with Gasteiger partial charge < -0.3 is 15.2 Å². The van der Waals surface area contributed by atoms with Crippen molar-refractivity contribution in [3.05, 3.63) is 53.8 Å². The van der Waals surface area contributed by atoms with E-state index in [9.17, 15) is 4.39 Å². The van der Waals surface area contributed by atoms with E-state index in [4.69, 9.17) is 15.2 Å². The Bertz CT molecular complexity index is 589. The molecular formula is C16H18FNO2S. The Morgan fingerprint density at radius 1 is 1.05 bits per heavy atom. The van der Waals surface area contributed by atoms with Crippen LogP contribution in [0.2, 0.25) is 0 Å². The molecular weight excluding hydrogens is 289 g/mol. The predicted octanol–water partition coefficient (Wildman–Crippen LogP) is 3.64. The van der Waals surface area contributed by atoms with E-state index in [1.807, 2.05) is 18.2 Å². The summed E-state index contributed by atoms with van der Waals surface area (Å²) in [5.41, 5.74) is 7.17. The van der Waals surface area contributed by atoms with Gasteiger partial charge in [0.25, 0.3) is 0 Å². The molecule has 0 saturated heterocycles. The third-order valence-electron chi connectivity index (χ3n) is 3.08. The molecule has 0 aliphatic rings. The highest BCUT2D eigenvalue weighted by atomic mass is 32.2. The first-order valence-electron chi connectivity index (χ1n) is 6.50. The maximum absolute atomic E-state index is 12.8. The molecule has 3 nitrogen and oxygen atoms in total. The lowest BCUT2D eigenvalue weighted by Crippen LogP contribution is -2.13. The molecule has 112 valence electrons. The Labute approximate surface area is 128 Å². The number of benzene rings is 2. The molecule has 2 rings (SSSR count). The van der Waals surface area contributed by atoms with E-state index in [1.165, 1.54) is 12.1 Å². The second-order valence-corrected chi connectivity index (χ2v) is 5.58. The summed E-state index contributed by atoms with van der Waals surface area (Å²) < 4.78 is 23.3. The maximum Gasteiger partial charge on any atom is 0.161 e. The Balaban J connectivity index is 2.02. The molecule has 0 aliphatic carbocycles. The summed E-state index contributed by atoms with van der Waals surface area (Å²) >= 11 is 1.59. The van der Waals surface area contributed by atoms with Crippen molar-refractivity contribution >= 4 is 11.8 Å². The zero-order valence-electron chi connectivity index (χ0n) is 12.0. The van der Waals surface area contributed by atoms with Crippen molar-refractivity contribution in [1.82, 2.24) is 0 Å². The van der Waals surface area contributed by atoms with Crippen LogP contribution in [0.3, 0.4) is 0 Å². The van der Waals surface area contributed by atoms with E-state index in [2.05, 4.69) is 0 Å². The van der Waals surface area contributed by atoms with Gasteiger partial charge in [0.05, 0.1) is 14.2 Å². The Hall–Kier alpha value is -1.72. The topological polar surface area (TPSA) is 44.5 Å². The van der Waals surface area contributed by atoms with Crippen molar-refractivity contribution < 1.29 is 13.9 Å². The van der Waals surface area contributed by atoms with Gasteiger partial charge in [-0.3, -0.25) is 0 Å². The molecule has 0 spiro atoms. The van der Waals surface area contributed by atoms with Crippen molar-refractivity contribution in [2.75, 3.05) is 20.0 Å². The zero-order chi connectivity index (χ0) is 15.2. The van der Waals surface area contributed by atoms with Crippen LogP contribution in [0, 0.1) is 5.82 Å². The van der Waals surface area contributed by atoms with Crippen molar-refractivity contribution in [2.45, 2.75) is 10.9 Å². The number of halogens is 1. The molecule has 0 bridgehead atoms. The average Bonchev–Trinajstić information content (AvgIpc) is 2.53. The summed E-state index contributed by atoms with van der Waals surface area (Å²) in [6.45, 7) is 0. The number of rotatable bonds is 6. The summed E-state index contributed by atoms with van der Waals surface area (Å²) in [7, 11) is 3.20. The first-order chi connectivity index (χ1) is 10.1. The smallest absolute Gasteiger partial charge is 0.161 e. The highest BCUT2D eigenvalue weighted by molar-refractivity contribution is 7.99. The van der Waals surface area contributed by atoms with Crippen molar-refractivity contribution in [2.24, 2.45) is 5.73 Å². The average molecular weight is 307 g/mol. The number of nitrogens with two attached hydrogens (primary N) is 1. The largest absolute Gasteiger partial charge is 0.493 e. The SMILES string of the molecule is COc1ccc(C(N)CSc2ccc(F)cc2)cc1OC. The maximum atomic E-state index is 12.8. The number of hydrogen-bond acceptors (Lipinski definition) is 4. The summed E-state index contributed by atoms with van der Waals surface area (Å²) in [5.74, 6) is 1.81. The fraction of sp³-hybridized carbons (Fsp3) is 0.250. The van der Waals surface area contributed by atoms with Gasteiger partial charge >= 0.3 is 0 Å². The molecule has 0 fully saturated rings. The predicted molar refractivity (Wildman–Crippen MR) is 83.6 cm³/mol. The van der Waals surface area contributed by atoms with E-state index in [0.29, 0.717) is 17.3 Å².